The molecule has 1 saturated carbocycles. The van der Waals surface area contributed by atoms with Crippen LogP contribution in [0.1, 0.15) is 38.5 Å². The second-order valence-electron chi connectivity index (χ2n) is 4.34. The van der Waals surface area contributed by atoms with Crippen LogP contribution in [0.2, 0.25) is 0 Å². The van der Waals surface area contributed by atoms with E-state index in [0.29, 0.717) is 6.61 Å². The normalized spacial score (nSPS) is 20.5. The van der Waals surface area contributed by atoms with Gasteiger partial charge in [-0.2, -0.15) is 0 Å². The third-order valence-corrected chi connectivity index (χ3v) is 3.03. The van der Waals surface area contributed by atoms with Crippen LogP contribution in [0.15, 0.2) is 0 Å². The van der Waals surface area contributed by atoms with Gasteiger partial charge < -0.3 is 10.0 Å². The quantitative estimate of drug-likeness (QED) is 0.676. The Hall–Kier alpha value is -0.0800. The molecule has 1 N–H and O–H groups in total. The molecule has 2 nitrogen and oxygen atoms in total. The lowest BCUT2D eigenvalue weighted by Gasteiger charge is -2.21. The van der Waals surface area contributed by atoms with Crippen LogP contribution in [-0.2, 0) is 0 Å². The van der Waals surface area contributed by atoms with Gasteiger partial charge in [-0.25, -0.2) is 0 Å². The van der Waals surface area contributed by atoms with Crippen molar-refractivity contribution in [3.05, 3.63) is 0 Å². The highest BCUT2D eigenvalue weighted by molar-refractivity contribution is 4.67. The Bertz CT molecular complexity index is 119. The largest absolute Gasteiger partial charge is 0.395 e. The fraction of sp³-hybridized carbons (Fsp3) is 1.00. The molecule has 0 radical (unpaired) electrons. The number of aliphatic hydroxyl groups excluding tert-OH is 1. The zero-order chi connectivity index (χ0) is 9.52. The maximum atomic E-state index is 8.78. The number of hydrogen-bond donors (Lipinski definition) is 1. The first kappa shape index (κ1) is 11.0. The van der Waals surface area contributed by atoms with Gasteiger partial charge in [0.25, 0.3) is 0 Å². The Balaban J connectivity index is 2.17. The summed E-state index contributed by atoms with van der Waals surface area (Å²) in [5.41, 5.74) is 0. The summed E-state index contributed by atoms with van der Waals surface area (Å²) in [7, 11) is 2.11. The Morgan fingerprint density at radius 2 is 1.77 bits per heavy atom. The zero-order valence-corrected chi connectivity index (χ0v) is 8.84. The minimum Gasteiger partial charge on any atom is -0.395 e. The van der Waals surface area contributed by atoms with Gasteiger partial charge in [-0.15, -0.1) is 0 Å². The minimum absolute atomic E-state index is 0.295. The first-order chi connectivity index (χ1) is 6.33. The highest BCUT2D eigenvalue weighted by atomic mass is 16.3. The molecule has 0 aromatic rings. The topological polar surface area (TPSA) is 23.5 Å². The van der Waals surface area contributed by atoms with E-state index >= 15 is 0 Å². The van der Waals surface area contributed by atoms with Crippen molar-refractivity contribution in [2.45, 2.75) is 38.5 Å². The summed E-state index contributed by atoms with van der Waals surface area (Å²) in [6.45, 7) is 2.31. The Morgan fingerprint density at radius 3 is 2.31 bits per heavy atom. The number of hydrogen-bond acceptors (Lipinski definition) is 2. The van der Waals surface area contributed by atoms with Gasteiger partial charge in [0.1, 0.15) is 0 Å². The summed E-state index contributed by atoms with van der Waals surface area (Å²) in [5, 5.41) is 8.78. The van der Waals surface area contributed by atoms with Gasteiger partial charge in [-0.1, -0.05) is 25.7 Å². The smallest absolute Gasteiger partial charge is 0.0558 e. The van der Waals surface area contributed by atoms with Crippen molar-refractivity contribution in [2.75, 3.05) is 26.7 Å². The molecule has 78 valence electrons. The summed E-state index contributed by atoms with van der Waals surface area (Å²) in [4.78, 5) is 2.26. The first-order valence-electron chi connectivity index (χ1n) is 5.62. The highest BCUT2D eigenvalue weighted by Gasteiger charge is 2.13. The van der Waals surface area contributed by atoms with E-state index in [4.69, 9.17) is 5.11 Å². The van der Waals surface area contributed by atoms with Gasteiger partial charge in [0.2, 0.25) is 0 Å². The molecule has 0 unspecified atom stereocenters. The van der Waals surface area contributed by atoms with Gasteiger partial charge >= 0.3 is 0 Å². The lowest BCUT2D eigenvalue weighted by Crippen LogP contribution is -2.28. The van der Waals surface area contributed by atoms with Crippen molar-refractivity contribution >= 4 is 0 Å². The molecule has 1 aliphatic rings. The van der Waals surface area contributed by atoms with Gasteiger partial charge in [0.15, 0.2) is 0 Å². The van der Waals surface area contributed by atoms with Gasteiger partial charge in [-0.3, -0.25) is 0 Å². The van der Waals surface area contributed by atoms with Crippen LogP contribution in [0.5, 0.6) is 0 Å². The van der Waals surface area contributed by atoms with Gasteiger partial charge in [0, 0.05) is 13.1 Å². The van der Waals surface area contributed by atoms with Crippen LogP contribution in [0.3, 0.4) is 0 Å². The van der Waals surface area contributed by atoms with E-state index in [1.807, 2.05) is 0 Å². The van der Waals surface area contributed by atoms with Crippen molar-refractivity contribution in [3.63, 3.8) is 0 Å². The molecule has 1 rings (SSSR count). The molecular formula is C11H23NO. The molecule has 0 aromatic heterocycles. The maximum absolute atomic E-state index is 8.78. The number of nitrogens with zero attached hydrogens (tertiary/aromatic N) is 1. The van der Waals surface area contributed by atoms with Crippen LogP contribution in [0.4, 0.5) is 0 Å². The maximum Gasteiger partial charge on any atom is 0.0558 e. The molecule has 0 aliphatic heterocycles. The van der Waals surface area contributed by atoms with Crippen LogP contribution < -0.4 is 0 Å². The summed E-state index contributed by atoms with van der Waals surface area (Å²) in [6, 6.07) is 0. The minimum atomic E-state index is 0.295. The Morgan fingerprint density at radius 1 is 1.15 bits per heavy atom. The molecule has 0 spiro atoms. The standard InChI is InChI=1S/C11H23NO/c1-12(8-9-13)10-11-6-4-2-3-5-7-11/h11,13H,2-10H2,1H3. The molecule has 13 heavy (non-hydrogen) atoms. The summed E-state index contributed by atoms with van der Waals surface area (Å²) in [6.07, 6.45) is 8.49. The fourth-order valence-electron chi connectivity index (χ4n) is 2.25. The summed E-state index contributed by atoms with van der Waals surface area (Å²) >= 11 is 0. The number of likely N-dealkylation sites (N-methyl/N-ethyl adjacent to an activating group) is 1. The van der Waals surface area contributed by atoms with E-state index in [1.165, 1.54) is 45.1 Å². The predicted octanol–water partition coefficient (Wildman–Crippen LogP) is 1.88. The van der Waals surface area contributed by atoms with Crippen LogP contribution >= 0.6 is 0 Å². The molecule has 0 heterocycles. The average molecular weight is 185 g/mol. The molecule has 0 amide bonds. The van der Waals surface area contributed by atoms with E-state index in [1.54, 1.807) is 0 Å². The van der Waals surface area contributed by atoms with Crippen molar-refractivity contribution in [2.24, 2.45) is 5.92 Å². The first-order valence-corrected chi connectivity index (χ1v) is 5.62. The predicted molar refractivity (Wildman–Crippen MR) is 55.8 cm³/mol. The third kappa shape index (κ3) is 4.63. The molecule has 1 aliphatic carbocycles. The van der Waals surface area contributed by atoms with E-state index in [-0.39, 0.29) is 0 Å². The Kier molecular flexibility index (Phi) is 5.40. The fourth-order valence-corrected chi connectivity index (χ4v) is 2.25. The molecule has 0 bridgehead atoms. The molecule has 0 saturated heterocycles. The van der Waals surface area contributed by atoms with Crippen LogP contribution in [0, 0.1) is 5.92 Å². The molecule has 1 fully saturated rings. The van der Waals surface area contributed by atoms with Crippen molar-refractivity contribution < 1.29 is 5.11 Å². The van der Waals surface area contributed by atoms with Crippen LogP contribution in [0.25, 0.3) is 0 Å². The van der Waals surface area contributed by atoms with Crippen molar-refractivity contribution in [1.82, 2.24) is 4.90 Å². The Labute approximate surface area is 81.9 Å². The zero-order valence-electron chi connectivity index (χ0n) is 8.84. The van der Waals surface area contributed by atoms with E-state index in [0.717, 1.165) is 12.5 Å². The summed E-state index contributed by atoms with van der Waals surface area (Å²) in [5.74, 6) is 0.888. The second kappa shape index (κ2) is 6.39. The third-order valence-electron chi connectivity index (χ3n) is 3.03. The van der Waals surface area contributed by atoms with Crippen molar-refractivity contribution in [3.8, 4) is 0 Å². The highest BCUT2D eigenvalue weighted by Crippen LogP contribution is 2.23. The number of rotatable bonds is 4. The second-order valence-corrected chi connectivity index (χ2v) is 4.34. The lowest BCUT2D eigenvalue weighted by molar-refractivity contribution is 0.196. The summed E-state index contributed by atoms with van der Waals surface area (Å²) < 4.78 is 0. The lowest BCUT2D eigenvalue weighted by atomic mass is 10.00. The molecule has 2 heteroatoms. The number of aliphatic hydroxyl groups is 1. The SMILES string of the molecule is CN(CCO)CC1CCCCCC1. The van der Waals surface area contributed by atoms with E-state index in [2.05, 4.69) is 11.9 Å². The van der Waals surface area contributed by atoms with Crippen LogP contribution in [-0.4, -0.2) is 36.8 Å². The van der Waals surface area contributed by atoms with Gasteiger partial charge in [-0.05, 0) is 25.8 Å². The monoisotopic (exact) mass is 185 g/mol. The van der Waals surface area contributed by atoms with Crippen molar-refractivity contribution in [1.29, 1.82) is 0 Å². The van der Waals surface area contributed by atoms with E-state index in [9.17, 15) is 0 Å². The van der Waals surface area contributed by atoms with E-state index < -0.39 is 0 Å². The molecule has 0 atom stereocenters. The average Bonchev–Trinajstić information content (AvgIpc) is 2.33. The van der Waals surface area contributed by atoms with Gasteiger partial charge in [0.05, 0.1) is 6.61 Å². The molecular weight excluding hydrogens is 162 g/mol. The molecule has 0 aromatic carbocycles.